The fourth-order valence-electron chi connectivity index (χ4n) is 1.61. The zero-order valence-corrected chi connectivity index (χ0v) is 9.99. The Bertz CT molecular complexity index is 278. The monoisotopic (exact) mass is 228 g/mol. The molecule has 5 heteroatoms. The highest BCUT2D eigenvalue weighted by Crippen LogP contribution is 2.36. The molecule has 16 heavy (non-hydrogen) atoms. The number of aliphatic carboxylic acids is 1. The lowest BCUT2D eigenvalue weighted by Crippen LogP contribution is -2.49. The zero-order chi connectivity index (χ0) is 12.3. The molecular formula is C11H20N2O3. The van der Waals surface area contributed by atoms with Crippen LogP contribution in [-0.2, 0) is 4.79 Å². The van der Waals surface area contributed by atoms with E-state index in [9.17, 15) is 9.59 Å². The van der Waals surface area contributed by atoms with Crippen LogP contribution >= 0.6 is 0 Å². The maximum Gasteiger partial charge on any atom is 0.326 e. The summed E-state index contributed by atoms with van der Waals surface area (Å²) in [6.07, 6.45) is 1.15. The van der Waals surface area contributed by atoms with Crippen molar-refractivity contribution in [1.82, 2.24) is 10.6 Å². The molecule has 0 saturated heterocycles. The third-order valence-corrected chi connectivity index (χ3v) is 3.02. The van der Waals surface area contributed by atoms with E-state index in [1.807, 2.05) is 0 Å². The van der Waals surface area contributed by atoms with Gasteiger partial charge in [0.25, 0.3) is 0 Å². The van der Waals surface area contributed by atoms with Crippen molar-refractivity contribution in [3.63, 3.8) is 0 Å². The average Bonchev–Trinajstić information content (AvgIpc) is 2.87. The second kappa shape index (κ2) is 5.18. The van der Waals surface area contributed by atoms with Crippen molar-refractivity contribution in [2.75, 3.05) is 6.54 Å². The summed E-state index contributed by atoms with van der Waals surface area (Å²) in [7, 11) is 0. The Labute approximate surface area is 95.6 Å². The van der Waals surface area contributed by atoms with Gasteiger partial charge in [-0.15, -0.1) is 0 Å². The quantitative estimate of drug-likeness (QED) is 0.658. The largest absolute Gasteiger partial charge is 0.480 e. The number of urea groups is 1. The summed E-state index contributed by atoms with van der Waals surface area (Å²) in [4.78, 5) is 22.3. The highest BCUT2D eigenvalue weighted by Gasteiger charge is 2.32. The number of carbonyl (C=O) groups excluding carboxylic acids is 1. The second-order valence-corrected chi connectivity index (χ2v) is 4.89. The van der Waals surface area contributed by atoms with Gasteiger partial charge in [-0.1, -0.05) is 20.8 Å². The van der Waals surface area contributed by atoms with Gasteiger partial charge in [0.15, 0.2) is 0 Å². The number of carbonyl (C=O) groups is 2. The van der Waals surface area contributed by atoms with Crippen LogP contribution in [0, 0.1) is 17.8 Å². The molecule has 92 valence electrons. The van der Waals surface area contributed by atoms with Crippen LogP contribution in [0.1, 0.15) is 27.2 Å². The maximum atomic E-state index is 11.4. The van der Waals surface area contributed by atoms with Crippen molar-refractivity contribution in [1.29, 1.82) is 0 Å². The molecule has 1 aliphatic carbocycles. The Balaban J connectivity index is 2.28. The van der Waals surface area contributed by atoms with E-state index in [0.717, 1.165) is 6.42 Å². The third kappa shape index (κ3) is 3.72. The van der Waals surface area contributed by atoms with E-state index < -0.39 is 12.0 Å². The Hall–Kier alpha value is -1.26. The van der Waals surface area contributed by atoms with E-state index in [-0.39, 0.29) is 11.9 Å². The molecule has 1 saturated carbocycles. The van der Waals surface area contributed by atoms with Gasteiger partial charge in [0.1, 0.15) is 6.04 Å². The van der Waals surface area contributed by atoms with Crippen molar-refractivity contribution in [2.24, 2.45) is 17.8 Å². The van der Waals surface area contributed by atoms with Gasteiger partial charge < -0.3 is 15.7 Å². The molecule has 3 N–H and O–H groups in total. The molecule has 1 rings (SSSR count). The molecule has 0 heterocycles. The van der Waals surface area contributed by atoms with E-state index >= 15 is 0 Å². The molecule has 1 aliphatic rings. The molecule has 0 spiro atoms. The highest BCUT2D eigenvalue weighted by molar-refractivity contribution is 5.82. The smallest absolute Gasteiger partial charge is 0.326 e. The number of carboxylic acid groups (broad SMARTS) is 1. The molecule has 0 bridgehead atoms. The first-order chi connectivity index (χ1) is 7.41. The van der Waals surface area contributed by atoms with Crippen LogP contribution in [0.25, 0.3) is 0 Å². The number of hydrogen-bond acceptors (Lipinski definition) is 2. The summed E-state index contributed by atoms with van der Waals surface area (Å²) in [5.74, 6) is 0.127. The Morgan fingerprint density at radius 3 is 2.38 bits per heavy atom. The minimum absolute atomic E-state index is 0.122. The van der Waals surface area contributed by atoms with Crippen molar-refractivity contribution < 1.29 is 14.7 Å². The SMILES string of the molecule is CC1CC1CNC(=O)N[C@@H](C(=O)O)C(C)C. The lowest BCUT2D eigenvalue weighted by Gasteiger charge is -2.18. The summed E-state index contributed by atoms with van der Waals surface area (Å²) in [5, 5.41) is 14.0. The highest BCUT2D eigenvalue weighted by atomic mass is 16.4. The number of hydrogen-bond donors (Lipinski definition) is 3. The van der Waals surface area contributed by atoms with E-state index in [4.69, 9.17) is 5.11 Å². The first-order valence-corrected chi connectivity index (χ1v) is 5.69. The van der Waals surface area contributed by atoms with E-state index in [1.165, 1.54) is 0 Å². The molecule has 0 radical (unpaired) electrons. The van der Waals surface area contributed by atoms with Gasteiger partial charge in [0, 0.05) is 6.54 Å². The fraction of sp³-hybridized carbons (Fsp3) is 0.818. The molecule has 0 aromatic carbocycles. The van der Waals surface area contributed by atoms with Crippen LogP contribution in [0.5, 0.6) is 0 Å². The van der Waals surface area contributed by atoms with Crippen LogP contribution in [-0.4, -0.2) is 29.7 Å². The first kappa shape index (κ1) is 12.8. The molecule has 3 atom stereocenters. The van der Waals surface area contributed by atoms with Crippen LogP contribution in [0.15, 0.2) is 0 Å². The number of amides is 2. The molecule has 0 aromatic rings. The predicted molar refractivity (Wildman–Crippen MR) is 60.1 cm³/mol. The summed E-state index contributed by atoms with van der Waals surface area (Å²) in [5.41, 5.74) is 0. The maximum absolute atomic E-state index is 11.4. The molecule has 2 unspecified atom stereocenters. The topological polar surface area (TPSA) is 78.4 Å². The summed E-state index contributed by atoms with van der Waals surface area (Å²) < 4.78 is 0. The van der Waals surface area contributed by atoms with Gasteiger partial charge in [0.05, 0.1) is 0 Å². The van der Waals surface area contributed by atoms with Crippen LogP contribution in [0.3, 0.4) is 0 Å². The molecule has 0 aliphatic heterocycles. The van der Waals surface area contributed by atoms with Crippen molar-refractivity contribution in [3.8, 4) is 0 Å². The normalized spacial score (nSPS) is 25.0. The minimum Gasteiger partial charge on any atom is -0.480 e. The van der Waals surface area contributed by atoms with Crippen molar-refractivity contribution in [2.45, 2.75) is 33.2 Å². The standard InChI is InChI=1S/C11H20N2O3/c1-6(2)9(10(14)15)13-11(16)12-5-8-4-7(8)3/h6-9H,4-5H2,1-3H3,(H,14,15)(H2,12,13,16)/t7?,8?,9-/m1/s1. The van der Waals surface area contributed by atoms with Crippen LogP contribution in [0.4, 0.5) is 4.79 Å². The number of nitrogens with one attached hydrogen (secondary N) is 2. The average molecular weight is 228 g/mol. The third-order valence-electron chi connectivity index (χ3n) is 3.02. The van der Waals surface area contributed by atoms with E-state index in [2.05, 4.69) is 17.6 Å². The van der Waals surface area contributed by atoms with Crippen LogP contribution < -0.4 is 10.6 Å². The van der Waals surface area contributed by atoms with E-state index in [0.29, 0.717) is 18.4 Å². The lowest BCUT2D eigenvalue weighted by molar-refractivity contribution is -0.140. The van der Waals surface area contributed by atoms with Gasteiger partial charge in [-0.25, -0.2) is 9.59 Å². The van der Waals surface area contributed by atoms with Gasteiger partial charge in [-0.2, -0.15) is 0 Å². The minimum atomic E-state index is -0.995. The fourth-order valence-corrected chi connectivity index (χ4v) is 1.61. The van der Waals surface area contributed by atoms with Gasteiger partial charge in [-0.05, 0) is 24.2 Å². The Kier molecular flexibility index (Phi) is 4.15. The predicted octanol–water partition coefficient (Wildman–Crippen LogP) is 1.05. The number of rotatable bonds is 5. The molecular weight excluding hydrogens is 208 g/mol. The van der Waals surface area contributed by atoms with Crippen LogP contribution in [0.2, 0.25) is 0 Å². The van der Waals surface area contributed by atoms with Crippen molar-refractivity contribution in [3.05, 3.63) is 0 Å². The van der Waals surface area contributed by atoms with Gasteiger partial charge in [-0.3, -0.25) is 0 Å². The van der Waals surface area contributed by atoms with Gasteiger partial charge >= 0.3 is 12.0 Å². The summed E-state index contributed by atoms with van der Waals surface area (Å²) in [6, 6.07) is -1.21. The molecule has 5 nitrogen and oxygen atoms in total. The molecule has 1 fully saturated rings. The molecule has 2 amide bonds. The summed E-state index contributed by atoms with van der Waals surface area (Å²) in [6.45, 7) is 6.31. The zero-order valence-electron chi connectivity index (χ0n) is 9.99. The van der Waals surface area contributed by atoms with Gasteiger partial charge in [0.2, 0.25) is 0 Å². The first-order valence-electron chi connectivity index (χ1n) is 5.69. The molecule has 0 aromatic heterocycles. The van der Waals surface area contributed by atoms with Crippen molar-refractivity contribution >= 4 is 12.0 Å². The summed E-state index contributed by atoms with van der Waals surface area (Å²) >= 11 is 0. The lowest BCUT2D eigenvalue weighted by atomic mass is 10.1. The van der Waals surface area contributed by atoms with E-state index in [1.54, 1.807) is 13.8 Å². The Morgan fingerprint density at radius 1 is 1.44 bits per heavy atom. The number of carboxylic acids is 1. The second-order valence-electron chi connectivity index (χ2n) is 4.89. The Morgan fingerprint density at radius 2 is 2.00 bits per heavy atom.